The summed E-state index contributed by atoms with van der Waals surface area (Å²) >= 11 is 0. The molecule has 5 nitrogen and oxygen atoms in total. The van der Waals surface area contributed by atoms with Crippen molar-refractivity contribution in [2.75, 3.05) is 5.32 Å². The third-order valence-corrected chi connectivity index (χ3v) is 3.72. The number of para-hydroxylation sites is 1. The molecule has 0 aliphatic rings. The summed E-state index contributed by atoms with van der Waals surface area (Å²) in [4.78, 5) is 23.2. The molecular weight excluding hydrogens is 302 g/mol. The molecule has 2 aromatic rings. The lowest BCUT2D eigenvalue weighted by Gasteiger charge is -2.16. The van der Waals surface area contributed by atoms with Crippen LogP contribution in [-0.2, 0) is 17.6 Å². The maximum atomic E-state index is 12.1. The second-order valence-electron chi connectivity index (χ2n) is 5.82. The maximum Gasteiger partial charge on any atom is 0.319 e. The van der Waals surface area contributed by atoms with Crippen molar-refractivity contribution < 1.29 is 9.59 Å². The van der Waals surface area contributed by atoms with Gasteiger partial charge in [-0.1, -0.05) is 48.5 Å². The van der Waals surface area contributed by atoms with Gasteiger partial charge in [-0.25, -0.2) is 4.79 Å². The molecule has 0 bridgehead atoms. The van der Waals surface area contributed by atoms with Crippen LogP contribution in [0.1, 0.15) is 24.5 Å². The fraction of sp³-hybridized carbons (Fsp3) is 0.263. The molecule has 2 rings (SSSR count). The predicted molar refractivity (Wildman–Crippen MR) is 95.7 cm³/mol. The average molecular weight is 325 g/mol. The van der Waals surface area contributed by atoms with E-state index in [0.717, 1.165) is 12.8 Å². The molecule has 1 unspecified atom stereocenters. The number of anilines is 1. The van der Waals surface area contributed by atoms with E-state index in [1.165, 1.54) is 5.56 Å². The minimum absolute atomic E-state index is 0.0357. The maximum absolute atomic E-state index is 12.1. The summed E-state index contributed by atoms with van der Waals surface area (Å²) in [6.45, 7) is 1.97. The number of nitrogens with one attached hydrogen (secondary N) is 2. The van der Waals surface area contributed by atoms with Crippen LogP contribution in [0.5, 0.6) is 0 Å². The number of amides is 3. The molecule has 0 radical (unpaired) electrons. The highest BCUT2D eigenvalue weighted by Crippen LogP contribution is 2.15. The van der Waals surface area contributed by atoms with Gasteiger partial charge >= 0.3 is 6.03 Å². The topological polar surface area (TPSA) is 84.2 Å². The Hall–Kier alpha value is -2.82. The Labute approximate surface area is 142 Å². The van der Waals surface area contributed by atoms with E-state index in [0.29, 0.717) is 11.3 Å². The standard InChI is InChI=1S/C19H23N3O2/c1-14(11-12-15-7-3-2-4-8-15)21-19(24)22-17-10-6-5-9-16(17)13-18(20)23/h2-10,14H,11-13H2,1H3,(H2,20,23)(H2,21,22,24). The number of carbonyl (C=O) groups excluding carboxylic acids is 2. The van der Waals surface area contributed by atoms with E-state index >= 15 is 0 Å². The van der Waals surface area contributed by atoms with Gasteiger partial charge in [-0.2, -0.15) is 0 Å². The van der Waals surface area contributed by atoms with Gasteiger partial charge in [-0.15, -0.1) is 0 Å². The number of hydrogen-bond donors (Lipinski definition) is 3. The van der Waals surface area contributed by atoms with Crippen molar-refractivity contribution in [1.29, 1.82) is 0 Å². The molecule has 0 saturated carbocycles. The van der Waals surface area contributed by atoms with Crippen LogP contribution in [0.15, 0.2) is 54.6 Å². The van der Waals surface area contributed by atoms with Crippen LogP contribution in [0.25, 0.3) is 0 Å². The van der Waals surface area contributed by atoms with Crippen molar-refractivity contribution >= 4 is 17.6 Å². The second kappa shape index (κ2) is 8.72. The van der Waals surface area contributed by atoms with Gasteiger partial charge in [0.15, 0.2) is 0 Å². The fourth-order valence-corrected chi connectivity index (χ4v) is 2.47. The highest BCUT2D eigenvalue weighted by molar-refractivity contribution is 5.91. The molecule has 0 aliphatic heterocycles. The van der Waals surface area contributed by atoms with Crippen LogP contribution in [0.4, 0.5) is 10.5 Å². The molecule has 0 fully saturated rings. The Morgan fingerprint density at radius 3 is 2.42 bits per heavy atom. The van der Waals surface area contributed by atoms with Crippen molar-refractivity contribution in [2.24, 2.45) is 5.73 Å². The van der Waals surface area contributed by atoms with Crippen molar-refractivity contribution in [2.45, 2.75) is 32.2 Å². The number of aryl methyl sites for hydroxylation is 1. The summed E-state index contributed by atoms with van der Waals surface area (Å²) in [5.74, 6) is -0.430. The van der Waals surface area contributed by atoms with Gasteiger partial charge in [-0.05, 0) is 37.0 Å². The number of rotatable bonds is 7. The van der Waals surface area contributed by atoms with Gasteiger partial charge in [0.1, 0.15) is 0 Å². The van der Waals surface area contributed by atoms with Crippen molar-refractivity contribution in [3.05, 3.63) is 65.7 Å². The lowest BCUT2D eigenvalue weighted by atomic mass is 10.1. The molecule has 3 amide bonds. The van der Waals surface area contributed by atoms with Crippen LogP contribution in [-0.4, -0.2) is 18.0 Å². The molecule has 0 heterocycles. The quantitative estimate of drug-likeness (QED) is 0.731. The Morgan fingerprint density at radius 1 is 1.04 bits per heavy atom. The molecule has 0 spiro atoms. The van der Waals surface area contributed by atoms with Crippen molar-refractivity contribution in [3.63, 3.8) is 0 Å². The second-order valence-corrected chi connectivity index (χ2v) is 5.82. The number of hydrogen-bond acceptors (Lipinski definition) is 2. The van der Waals surface area contributed by atoms with Gasteiger partial charge in [0, 0.05) is 11.7 Å². The number of benzene rings is 2. The minimum atomic E-state index is -0.430. The number of primary amides is 1. The molecule has 1 atom stereocenters. The van der Waals surface area contributed by atoms with Gasteiger partial charge in [0.2, 0.25) is 5.91 Å². The fourth-order valence-electron chi connectivity index (χ4n) is 2.47. The van der Waals surface area contributed by atoms with Crippen LogP contribution < -0.4 is 16.4 Å². The van der Waals surface area contributed by atoms with Crippen molar-refractivity contribution in [3.8, 4) is 0 Å². The van der Waals surface area contributed by atoms with E-state index < -0.39 is 5.91 Å². The van der Waals surface area contributed by atoms with E-state index in [2.05, 4.69) is 22.8 Å². The van der Waals surface area contributed by atoms with Crippen LogP contribution in [0, 0.1) is 0 Å². The summed E-state index contributed by atoms with van der Waals surface area (Å²) < 4.78 is 0. The lowest BCUT2D eigenvalue weighted by molar-refractivity contribution is -0.117. The molecule has 0 aromatic heterocycles. The molecule has 0 saturated heterocycles. The van der Waals surface area contributed by atoms with E-state index in [1.54, 1.807) is 18.2 Å². The zero-order chi connectivity index (χ0) is 17.4. The molecule has 126 valence electrons. The van der Waals surface area contributed by atoms with E-state index in [9.17, 15) is 9.59 Å². The highest BCUT2D eigenvalue weighted by Gasteiger charge is 2.11. The molecule has 2 aromatic carbocycles. The van der Waals surface area contributed by atoms with Crippen LogP contribution in [0.3, 0.4) is 0 Å². The molecule has 24 heavy (non-hydrogen) atoms. The number of carbonyl (C=O) groups is 2. The normalized spacial score (nSPS) is 11.5. The van der Waals surface area contributed by atoms with Gasteiger partial charge in [-0.3, -0.25) is 4.79 Å². The lowest BCUT2D eigenvalue weighted by Crippen LogP contribution is -2.36. The van der Waals surface area contributed by atoms with E-state index in [-0.39, 0.29) is 18.5 Å². The molecule has 5 heteroatoms. The summed E-state index contributed by atoms with van der Waals surface area (Å²) in [7, 11) is 0. The number of urea groups is 1. The monoisotopic (exact) mass is 325 g/mol. The average Bonchev–Trinajstić information content (AvgIpc) is 2.55. The van der Waals surface area contributed by atoms with Crippen LogP contribution >= 0.6 is 0 Å². The Bertz CT molecular complexity index is 686. The third-order valence-electron chi connectivity index (χ3n) is 3.72. The van der Waals surface area contributed by atoms with Gasteiger partial charge < -0.3 is 16.4 Å². The minimum Gasteiger partial charge on any atom is -0.369 e. The first-order valence-corrected chi connectivity index (χ1v) is 8.02. The molecular formula is C19H23N3O2. The predicted octanol–water partition coefficient (Wildman–Crippen LogP) is 2.86. The Balaban J connectivity index is 1.85. The Morgan fingerprint density at radius 2 is 1.71 bits per heavy atom. The van der Waals surface area contributed by atoms with E-state index in [1.807, 2.05) is 31.2 Å². The van der Waals surface area contributed by atoms with Gasteiger partial charge in [0.05, 0.1) is 6.42 Å². The molecule has 0 aliphatic carbocycles. The summed E-state index contributed by atoms with van der Waals surface area (Å²) in [6, 6.07) is 17.1. The van der Waals surface area contributed by atoms with Crippen molar-refractivity contribution in [1.82, 2.24) is 5.32 Å². The highest BCUT2D eigenvalue weighted by atomic mass is 16.2. The smallest absolute Gasteiger partial charge is 0.319 e. The first-order valence-electron chi connectivity index (χ1n) is 8.02. The first kappa shape index (κ1) is 17.5. The molecule has 4 N–H and O–H groups in total. The van der Waals surface area contributed by atoms with E-state index in [4.69, 9.17) is 5.73 Å². The SMILES string of the molecule is CC(CCc1ccccc1)NC(=O)Nc1ccccc1CC(N)=O. The summed E-state index contributed by atoms with van der Waals surface area (Å²) in [5.41, 5.74) is 7.79. The zero-order valence-electron chi connectivity index (χ0n) is 13.8. The summed E-state index contributed by atoms with van der Waals surface area (Å²) in [6.07, 6.45) is 1.85. The number of nitrogens with two attached hydrogens (primary N) is 1. The third kappa shape index (κ3) is 5.76. The largest absolute Gasteiger partial charge is 0.369 e. The van der Waals surface area contributed by atoms with Crippen LogP contribution in [0.2, 0.25) is 0 Å². The summed E-state index contributed by atoms with van der Waals surface area (Å²) in [5, 5.41) is 5.70. The van der Waals surface area contributed by atoms with Gasteiger partial charge in [0.25, 0.3) is 0 Å². The first-order chi connectivity index (χ1) is 11.5. The zero-order valence-corrected chi connectivity index (χ0v) is 13.8. The Kier molecular flexibility index (Phi) is 6.37.